The van der Waals surface area contributed by atoms with Gasteiger partial charge in [0, 0.05) is 18.8 Å². The molecule has 4 heteroatoms. The summed E-state index contributed by atoms with van der Waals surface area (Å²) < 4.78 is 7.55. The van der Waals surface area contributed by atoms with E-state index in [0.29, 0.717) is 17.8 Å². The van der Waals surface area contributed by atoms with Crippen molar-refractivity contribution in [2.24, 2.45) is 0 Å². The molecule has 0 aliphatic rings. The fourth-order valence-electron chi connectivity index (χ4n) is 2.71. The van der Waals surface area contributed by atoms with Gasteiger partial charge in [-0.05, 0) is 18.1 Å². The van der Waals surface area contributed by atoms with E-state index in [2.05, 4.69) is 6.92 Å². The minimum atomic E-state index is -0.970. The molecule has 0 fully saturated rings. The molecule has 1 unspecified atom stereocenters. The maximum absolute atomic E-state index is 12.4. The van der Waals surface area contributed by atoms with Crippen LogP contribution in [0.1, 0.15) is 22.9 Å². The molecule has 0 amide bonds. The Hall–Kier alpha value is -2.85. The third kappa shape index (κ3) is 3.80. The van der Waals surface area contributed by atoms with E-state index < -0.39 is 6.10 Å². The predicted octanol–water partition coefficient (Wildman–Crippen LogP) is 3.34. The minimum Gasteiger partial charge on any atom is -0.483 e. The van der Waals surface area contributed by atoms with Crippen LogP contribution in [0.4, 0.5) is 0 Å². The van der Waals surface area contributed by atoms with Crippen molar-refractivity contribution in [3.05, 3.63) is 107 Å². The van der Waals surface area contributed by atoms with Crippen molar-refractivity contribution in [1.82, 2.24) is 4.57 Å². The average Bonchev–Trinajstić information content (AvgIpc) is 2.67. The highest BCUT2D eigenvalue weighted by atomic mass is 16.5. The summed E-state index contributed by atoms with van der Waals surface area (Å²) in [5, 5.41) is 10.8. The highest BCUT2D eigenvalue weighted by Gasteiger charge is 2.21. The fourth-order valence-corrected chi connectivity index (χ4v) is 2.71. The molecule has 0 bridgehead atoms. The lowest BCUT2D eigenvalue weighted by Crippen LogP contribution is -2.19. The van der Waals surface area contributed by atoms with Gasteiger partial charge in [0.25, 0.3) is 0 Å². The van der Waals surface area contributed by atoms with Crippen molar-refractivity contribution in [2.75, 3.05) is 0 Å². The zero-order chi connectivity index (χ0) is 17.6. The lowest BCUT2D eigenvalue weighted by atomic mass is 10.0. The molecule has 0 spiro atoms. The van der Waals surface area contributed by atoms with Crippen LogP contribution in [0.2, 0.25) is 0 Å². The zero-order valence-corrected chi connectivity index (χ0v) is 13.8. The fraction of sp³-hybridized carbons (Fsp3) is 0.143. The lowest BCUT2D eigenvalue weighted by Gasteiger charge is -2.21. The first-order chi connectivity index (χ1) is 12.2. The van der Waals surface area contributed by atoms with Crippen LogP contribution in [-0.4, -0.2) is 9.67 Å². The molecular formula is C21H20NO3. The molecule has 2 aromatic carbocycles. The summed E-state index contributed by atoms with van der Waals surface area (Å²) in [6, 6.07) is 20.2. The van der Waals surface area contributed by atoms with E-state index in [-0.39, 0.29) is 17.8 Å². The summed E-state index contributed by atoms with van der Waals surface area (Å²) in [6.07, 6.45) is 0.661. The Labute approximate surface area is 147 Å². The molecule has 1 radical (unpaired) electrons. The molecule has 1 N–H and O–H groups in total. The van der Waals surface area contributed by atoms with E-state index in [0.717, 1.165) is 5.56 Å². The molecule has 3 aromatic rings. The van der Waals surface area contributed by atoms with Gasteiger partial charge in [0.05, 0.1) is 5.69 Å². The van der Waals surface area contributed by atoms with Crippen LogP contribution in [0.5, 0.6) is 5.75 Å². The molecule has 1 aromatic heterocycles. The maximum atomic E-state index is 12.4. The van der Waals surface area contributed by atoms with E-state index in [9.17, 15) is 9.90 Å². The Kier molecular flexibility index (Phi) is 5.31. The van der Waals surface area contributed by atoms with Crippen molar-refractivity contribution in [3.8, 4) is 5.75 Å². The summed E-state index contributed by atoms with van der Waals surface area (Å²) in [7, 11) is 0. The molecule has 25 heavy (non-hydrogen) atoms. The van der Waals surface area contributed by atoms with Crippen LogP contribution in [0.15, 0.2) is 77.7 Å². The Morgan fingerprint density at radius 1 is 1.00 bits per heavy atom. The molecule has 127 valence electrons. The zero-order valence-electron chi connectivity index (χ0n) is 13.8. The number of aliphatic hydroxyl groups is 1. The highest BCUT2D eigenvalue weighted by Crippen LogP contribution is 2.28. The Morgan fingerprint density at radius 2 is 1.64 bits per heavy atom. The van der Waals surface area contributed by atoms with Gasteiger partial charge in [0.2, 0.25) is 5.43 Å². The molecule has 3 rings (SSSR count). The second-order valence-corrected chi connectivity index (χ2v) is 5.68. The number of benzene rings is 2. The number of hydrogen-bond acceptors (Lipinski definition) is 3. The van der Waals surface area contributed by atoms with Gasteiger partial charge in [-0.1, -0.05) is 60.7 Å². The van der Waals surface area contributed by atoms with Gasteiger partial charge in [0.15, 0.2) is 5.75 Å². The van der Waals surface area contributed by atoms with E-state index in [1.165, 1.54) is 6.07 Å². The van der Waals surface area contributed by atoms with Crippen molar-refractivity contribution < 1.29 is 9.84 Å². The van der Waals surface area contributed by atoms with Crippen LogP contribution >= 0.6 is 0 Å². The SMILES string of the molecule is [CH2]Cn1ccc(=O)c(OCc2ccccc2)c1C(O)c1ccccc1. The number of hydrogen-bond donors (Lipinski definition) is 1. The number of aromatic nitrogens is 1. The molecule has 0 aliphatic carbocycles. The van der Waals surface area contributed by atoms with Crippen LogP contribution in [0.3, 0.4) is 0 Å². The standard InChI is InChI=1S/C21H20NO3/c1-2-22-14-13-18(23)21(25-15-16-9-5-3-6-10-16)19(22)20(24)17-11-7-4-8-12-17/h3-14,20,24H,1-2,15H2. The third-order valence-corrected chi connectivity index (χ3v) is 4.01. The van der Waals surface area contributed by atoms with Gasteiger partial charge in [-0.2, -0.15) is 0 Å². The van der Waals surface area contributed by atoms with Gasteiger partial charge in [-0.15, -0.1) is 0 Å². The molecule has 1 atom stereocenters. The van der Waals surface area contributed by atoms with Crippen molar-refractivity contribution in [2.45, 2.75) is 19.3 Å². The maximum Gasteiger partial charge on any atom is 0.223 e. The Balaban J connectivity index is 2.00. The van der Waals surface area contributed by atoms with Gasteiger partial charge < -0.3 is 14.4 Å². The molecule has 0 saturated carbocycles. The monoisotopic (exact) mass is 334 g/mol. The summed E-state index contributed by atoms with van der Waals surface area (Å²) >= 11 is 0. The summed E-state index contributed by atoms with van der Waals surface area (Å²) in [6.45, 7) is 4.51. The quantitative estimate of drug-likeness (QED) is 0.752. The Bertz CT molecular complexity index is 873. The third-order valence-electron chi connectivity index (χ3n) is 4.01. The van der Waals surface area contributed by atoms with Crippen molar-refractivity contribution >= 4 is 0 Å². The van der Waals surface area contributed by atoms with Gasteiger partial charge in [-0.3, -0.25) is 4.79 Å². The van der Waals surface area contributed by atoms with Gasteiger partial charge in [-0.25, -0.2) is 0 Å². The van der Waals surface area contributed by atoms with Gasteiger partial charge >= 0.3 is 0 Å². The predicted molar refractivity (Wildman–Crippen MR) is 97.3 cm³/mol. The van der Waals surface area contributed by atoms with E-state index in [4.69, 9.17) is 4.74 Å². The topological polar surface area (TPSA) is 51.5 Å². The average molecular weight is 334 g/mol. The Morgan fingerprint density at radius 3 is 2.28 bits per heavy atom. The van der Waals surface area contributed by atoms with Crippen LogP contribution in [-0.2, 0) is 13.2 Å². The second-order valence-electron chi connectivity index (χ2n) is 5.68. The summed E-state index contributed by atoms with van der Waals surface area (Å²) in [5.74, 6) is 0.159. The van der Waals surface area contributed by atoms with Crippen LogP contribution < -0.4 is 10.2 Å². The van der Waals surface area contributed by atoms with Crippen molar-refractivity contribution in [1.29, 1.82) is 0 Å². The number of pyridine rings is 1. The smallest absolute Gasteiger partial charge is 0.223 e. The number of aliphatic hydroxyl groups excluding tert-OH is 1. The molecule has 1 heterocycles. The molecule has 4 nitrogen and oxygen atoms in total. The van der Waals surface area contributed by atoms with Crippen LogP contribution in [0, 0.1) is 6.92 Å². The molecule has 0 aliphatic heterocycles. The largest absolute Gasteiger partial charge is 0.483 e. The molecule has 0 saturated heterocycles. The van der Waals surface area contributed by atoms with E-state index in [1.54, 1.807) is 10.8 Å². The normalized spacial score (nSPS) is 11.9. The lowest BCUT2D eigenvalue weighted by molar-refractivity contribution is 0.196. The van der Waals surface area contributed by atoms with Gasteiger partial charge in [0.1, 0.15) is 12.7 Å². The van der Waals surface area contributed by atoms with Crippen molar-refractivity contribution in [3.63, 3.8) is 0 Å². The number of nitrogens with zero attached hydrogens (tertiary/aromatic N) is 1. The summed E-state index contributed by atoms with van der Waals surface area (Å²) in [4.78, 5) is 12.4. The van der Waals surface area contributed by atoms with E-state index in [1.807, 2.05) is 60.7 Å². The van der Waals surface area contributed by atoms with Crippen LogP contribution in [0.25, 0.3) is 0 Å². The first kappa shape index (κ1) is 17.0. The number of ether oxygens (including phenoxy) is 1. The highest BCUT2D eigenvalue weighted by molar-refractivity contribution is 5.36. The second kappa shape index (κ2) is 7.81. The first-order valence-electron chi connectivity index (χ1n) is 8.13. The first-order valence-corrected chi connectivity index (χ1v) is 8.13. The summed E-state index contributed by atoms with van der Waals surface area (Å²) in [5.41, 5.74) is 1.81. The minimum absolute atomic E-state index is 0.159. The molecular weight excluding hydrogens is 314 g/mol. The number of rotatable bonds is 6. The van der Waals surface area contributed by atoms with E-state index >= 15 is 0 Å².